The number of carbonyl (C=O) groups is 1. The Labute approximate surface area is 158 Å². The van der Waals surface area contributed by atoms with Crippen molar-refractivity contribution in [1.82, 2.24) is 10.2 Å². The van der Waals surface area contributed by atoms with E-state index in [0.717, 1.165) is 32.7 Å². The van der Waals surface area contributed by atoms with E-state index in [1.54, 1.807) is 0 Å². The summed E-state index contributed by atoms with van der Waals surface area (Å²) >= 11 is 0. The van der Waals surface area contributed by atoms with Gasteiger partial charge in [-0.25, -0.2) is 0 Å². The highest BCUT2D eigenvalue weighted by molar-refractivity contribution is 5.76. The highest BCUT2D eigenvalue weighted by atomic mass is 16.1. The zero-order chi connectivity index (χ0) is 18.4. The van der Waals surface area contributed by atoms with E-state index >= 15 is 0 Å². The smallest absolute Gasteiger partial charge is 0.221 e. The number of amides is 1. The van der Waals surface area contributed by atoms with Gasteiger partial charge in [0.15, 0.2) is 0 Å². The zero-order valence-electron chi connectivity index (χ0n) is 16.6. The van der Waals surface area contributed by atoms with E-state index in [4.69, 9.17) is 0 Å². The fourth-order valence-corrected chi connectivity index (χ4v) is 4.27. The molecular formula is C22H35N3O. The van der Waals surface area contributed by atoms with E-state index < -0.39 is 0 Å². The maximum Gasteiger partial charge on any atom is 0.221 e. The predicted molar refractivity (Wildman–Crippen MR) is 109 cm³/mol. The number of benzene rings is 1. The van der Waals surface area contributed by atoms with Crippen LogP contribution in [0.3, 0.4) is 0 Å². The molecule has 1 aliphatic heterocycles. The van der Waals surface area contributed by atoms with Gasteiger partial charge in [0.25, 0.3) is 0 Å². The third kappa shape index (κ3) is 5.23. The second-order valence-corrected chi connectivity index (χ2v) is 8.05. The van der Waals surface area contributed by atoms with Gasteiger partial charge >= 0.3 is 0 Å². The highest BCUT2D eigenvalue weighted by Gasteiger charge is 2.20. The van der Waals surface area contributed by atoms with Gasteiger partial charge in [0.1, 0.15) is 0 Å². The molecule has 2 fully saturated rings. The van der Waals surface area contributed by atoms with Crippen LogP contribution in [0.4, 0.5) is 5.69 Å². The number of hydrogen-bond donors (Lipinski definition) is 1. The van der Waals surface area contributed by atoms with Crippen molar-refractivity contribution in [1.29, 1.82) is 0 Å². The number of nitrogens with zero attached hydrogens (tertiary/aromatic N) is 2. The molecule has 3 rings (SSSR count). The molecule has 0 spiro atoms. The lowest BCUT2D eigenvalue weighted by Crippen LogP contribution is -2.47. The highest BCUT2D eigenvalue weighted by Crippen LogP contribution is 2.24. The van der Waals surface area contributed by atoms with Gasteiger partial charge in [-0.3, -0.25) is 9.69 Å². The Morgan fingerprint density at radius 3 is 2.42 bits per heavy atom. The van der Waals surface area contributed by atoms with Crippen molar-refractivity contribution < 1.29 is 4.79 Å². The van der Waals surface area contributed by atoms with Crippen molar-refractivity contribution in [3.63, 3.8) is 0 Å². The molecule has 1 aromatic rings. The van der Waals surface area contributed by atoms with E-state index in [1.807, 2.05) is 0 Å². The van der Waals surface area contributed by atoms with Crippen LogP contribution in [0.15, 0.2) is 18.2 Å². The number of nitrogens with one attached hydrogen (secondary N) is 1. The van der Waals surface area contributed by atoms with Gasteiger partial charge in [-0.15, -0.1) is 0 Å². The zero-order valence-corrected chi connectivity index (χ0v) is 16.6. The first-order valence-electron chi connectivity index (χ1n) is 10.5. The summed E-state index contributed by atoms with van der Waals surface area (Å²) in [6.45, 7) is 9.48. The van der Waals surface area contributed by atoms with E-state index in [9.17, 15) is 4.79 Å². The van der Waals surface area contributed by atoms with Crippen LogP contribution in [0.5, 0.6) is 0 Å². The van der Waals surface area contributed by atoms with Gasteiger partial charge in [-0.05, 0) is 43.9 Å². The fraction of sp³-hybridized carbons (Fsp3) is 0.682. The minimum Gasteiger partial charge on any atom is -0.369 e. The Bertz CT molecular complexity index is 585. The predicted octanol–water partition coefficient (Wildman–Crippen LogP) is 3.65. The molecule has 0 aromatic heterocycles. The van der Waals surface area contributed by atoms with Crippen LogP contribution >= 0.6 is 0 Å². The third-order valence-electron chi connectivity index (χ3n) is 6.16. The lowest BCUT2D eigenvalue weighted by molar-refractivity contribution is -0.122. The first-order valence-corrected chi connectivity index (χ1v) is 10.5. The molecule has 1 aromatic carbocycles. The van der Waals surface area contributed by atoms with Crippen LogP contribution in [0, 0.1) is 13.8 Å². The first kappa shape index (κ1) is 19.2. The summed E-state index contributed by atoms with van der Waals surface area (Å²) in [6.07, 6.45) is 8.17. The van der Waals surface area contributed by atoms with Gasteiger partial charge in [-0.1, -0.05) is 37.8 Å². The van der Waals surface area contributed by atoms with E-state index in [0.29, 0.717) is 12.5 Å². The molecular weight excluding hydrogens is 322 g/mol. The molecule has 4 nitrogen and oxygen atoms in total. The number of hydrogen-bond acceptors (Lipinski definition) is 3. The Kier molecular flexibility index (Phi) is 6.95. The van der Waals surface area contributed by atoms with Gasteiger partial charge in [0, 0.05) is 50.9 Å². The molecule has 0 unspecified atom stereocenters. The van der Waals surface area contributed by atoms with Crippen molar-refractivity contribution in [2.45, 2.75) is 64.8 Å². The second kappa shape index (κ2) is 9.40. The van der Waals surface area contributed by atoms with Crippen molar-refractivity contribution in [2.24, 2.45) is 0 Å². The molecule has 26 heavy (non-hydrogen) atoms. The molecule has 2 aliphatic rings. The molecule has 0 atom stereocenters. The summed E-state index contributed by atoms with van der Waals surface area (Å²) in [5.41, 5.74) is 4.12. The third-order valence-corrected chi connectivity index (χ3v) is 6.16. The first-order chi connectivity index (χ1) is 12.6. The van der Waals surface area contributed by atoms with Crippen LogP contribution in [0.25, 0.3) is 0 Å². The molecule has 0 radical (unpaired) electrons. The van der Waals surface area contributed by atoms with E-state index in [-0.39, 0.29) is 5.91 Å². The number of anilines is 1. The molecule has 1 heterocycles. The summed E-state index contributed by atoms with van der Waals surface area (Å²) in [7, 11) is 0. The van der Waals surface area contributed by atoms with Gasteiger partial charge in [0.2, 0.25) is 5.91 Å². The Balaban J connectivity index is 1.40. The number of piperazine rings is 1. The van der Waals surface area contributed by atoms with Crippen LogP contribution < -0.4 is 10.2 Å². The SMILES string of the molecule is Cc1cccc(N2CCN(CCC(=O)NC3CCCCCC3)CC2)c1C. The second-order valence-electron chi connectivity index (χ2n) is 8.05. The number of carbonyl (C=O) groups excluding carboxylic acids is 1. The lowest BCUT2D eigenvalue weighted by atomic mass is 10.1. The summed E-state index contributed by atoms with van der Waals surface area (Å²) in [5.74, 6) is 0.244. The summed E-state index contributed by atoms with van der Waals surface area (Å²) in [4.78, 5) is 17.2. The maximum absolute atomic E-state index is 12.3. The average Bonchev–Trinajstić information content (AvgIpc) is 2.91. The molecule has 4 heteroatoms. The topological polar surface area (TPSA) is 35.6 Å². The normalized spacial score (nSPS) is 20.0. The molecule has 1 amide bonds. The molecule has 144 valence electrons. The van der Waals surface area contributed by atoms with Gasteiger partial charge in [-0.2, -0.15) is 0 Å². The Morgan fingerprint density at radius 2 is 1.73 bits per heavy atom. The quantitative estimate of drug-likeness (QED) is 0.817. The molecule has 0 bridgehead atoms. The van der Waals surface area contributed by atoms with Crippen LogP contribution in [-0.2, 0) is 4.79 Å². The van der Waals surface area contributed by atoms with Crippen LogP contribution in [-0.4, -0.2) is 49.6 Å². The van der Waals surface area contributed by atoms with E-state index in [2.05, 4.69) is 47.2 Å². The standard InChI is InChI=1S/C22H35N3O/c1-18-8-7-11-21(19(18)2)25-16-14-24(15-17-25)13-12-22(26)23-20-9-5-3-4-6-10-20/h7-8,11,20H,3-6,9-10,12-17H2,1-2H3,(H,23,26). The van der Waals surface area contributed by atoms with Crippen molar-refractivity contribution >= 4 is 11.6 Å². The molecule has 1 saturated carbocycles. The summed E-state index contributed by atoms with van der Waals surface area (Å²) in [5, 5.41) is 3.27. The largest absolute Gasteiger partial charge is 0.369 e. The Morgan fingerprint density at radius 1 is 1.04 bits per heavy atom. The minimum atomic E-state index is 0.244. The molecule has 1 saturated heterocycles. The van der Waals surface area contributed by atoms with Gasteiger partial charge in [0.05, 0.1) is 0 Å². The monoisotopic (exact) mass is 357 g/mol. The maximum atomic E-state index is 12.3. The van der Waals surface area contributed by atoms with Gasteiger partial charge < -0.3 is 10.2 Å². The molecule has 1 N–H and O–H groups in total. The van der Waals surface area contributed by atoms with Crippen LogP contribution in [0.1, 0.15) is 56.1 Å². The van der Waals surface area contributed by atoms with E-state index in [1.165, 1.54) is 55.3 Å². The average molecular weight is 358 g/mol. The summed E-state index contributed by atoms with van der Waals surface area (Å²) in [6, 6.07) is 6.99. The minimum absolute atomic E-state index is 0.244. The molecule has 1 aliphatic carbocycles. The number of aryl methyl sites for hydroxylation is 1. The lowest BCUT2D eigenvalue weighted by Gasteiger charge is -2.37. The number of rotatable bonds is 5. The van der Waals surface area contributed by atoms with Crippen LogP contribution in [0.2, 0.25) is 0 Å². The van der Waals surface area contributed by atoms with Crippen molar-refractivity contribution in [3.05, 3.63) is 29.3 Å². The van der Waals surface area contributed by atoms with Crippen molar-refractivity contribution in [3.8, 4) is 0 Å². The Hall–Kier alpha value is -1.55. The summed E-state index contributed by atoms with van der Waals surface area (Å²) < 4.78 is 0. The van der Waals surface area contributed by atoms with Crippen molar-refractivity contribution in [2.75, 3.05) is 37.6 Å². The fourth-order valence-electron chi connectivity index (χ4n) is 4.27.